The molecule has 23 heavy (non-hydrogen) atoms. The van der Waals surface area contributed by atoms with Crippen LogP contribution in [0.5, 0.6) is 0 Å². The van der Waals surface area contributed by atoms with Crippen molar-refractivity contribution in [1.29, 1.82) is 0 Å². The SMILES string of the molecule is CN(CC1(O)CCCC1)C(=O)c1cccc(N2CCCC2=O)c1. The van der Waals surface area contributed by atoms with Gasteiger partial charge >= 0.3 is 0 Å². The van der Waals surface area contributed by atoms with Crippen LogP contribution in [0.4, 0.5) is 5.69 Å². The third-order valence-electron chi connectivity index (χ3n) is 4.89. The van der Waals surface area contributed by atoms with E-state index in [2.05, 4.69) is 0 Å². The van der Waals surface area contributed by atoms with Crippen molar-refractivity contribution in [2.75, 3.05) is 25.0 Å². The van der Waals surface area contributed by atoms with Crippen LogP contribution in [0.2, 0.25) is 0 Å². The molecule has 2 fully saturated rings. The highest BCUT2D eigenvalue weighted by Gasteiger charge is 2.33. The van der Waals surface area contributed by atoms with Crippen molar-refractivity contribution < 1.29 is 14.7 Å². The first kappa shape index (κ1) is 16.0. The van der Waals surface area contributed by atoms with E-state index in [4.69, 9.17) is 0 Å². The third kappa shape index (κ3) is 3.39. The molecule has 5 heteroatoms. The molecule has 1 saturated carbocycles. The Morgan fingerprint density at radius 2 is 2.04 bits per heavy atom. The molecule has 0 radical (unpaired) electrons. The molecule has 5 nitrogen and oxygen atoms in total. The zero-order chi connectivity index (χ0) is 16.4. The number of benzene rings is 1. The number of hydrogen-bond donors (Lipinski definition) is 1. The van der Waals surface area contributed by atoms with Crippen LogP contribution in [0, 0.1) is 0 Å². The second kappa shape index (κ2) is 6.32. The number of carbonyl (C=O) groups excluding carboxylic acids is 2. The smallest absolute Gasteiger partial charge is 0.253 e. The molecule has 0 aromatic heterocycles. The van der Waals surface area contributed by atoms with Gasteiger partial charge in [-0.25, -0.2) is 0 Å². The van der Waals surface area contributed by atoms with Crippen molar-refractivity contribution in [2.24, 2.45) is 0 Å². The van der Waals surface area contributed by atoms with E-state index < -0.39 is 5.60 Å². The fourth-order valence-corrected chi connectivity index (χ4v) is 3.65. The number of nitrogens with zero attached hydrogens (tertiary/aromatic N) is 2. The van der Waals surface area contributed by atoms with Crippen LogP contribution in [0.3, 0.4) is 0 Å². The van der Waals surface area contributed by atoms with E-state index in [1.54, 1.807) is 29.0 Å². The van der Waals surface area contributed by atoms with Crippen LogP contribution >= 0.6 is 0 Å². The monoisotopic (exact) mass is 316 g/mol. The molecule has 0 spiro atoms. The highest BCUT2D eigenvalue weighted by atomic mass is 16.3. The average Bonchev–Trinajstić information content (AvgIpc) is 3.15. The number of aliphatic hydroxyl groups is 1. The largest absolute Gasteiger partial charge is 0.388 e. The molecule has 2 aliphatic rings. The summed E-state index contributed by atoms with van der Waals surface area (Å²) in [6.45, 7) is 1.07. The first-order chi connectivity index (χ1) is 11.0. The van der Waals surface area contributed by atoms with E-state index in [1.807, 2.05) is 12.1 Å². The molecular formula is C18H24N2O3. The van der Waals surface area contributed by atoms with Gasteiger partial charge in [0, 0.05) is 37.8 Å². The highest BCUT2D eigenvalue weighted by molar-refractivity contribution is 5.99. The van der Waals surface area contributed by atoms with Crippen molar-refractivity contribution in [3.8, 4) is 0 Å². The van der Waals surface area contributed by atoms with E-state index in [-0.39, 0.29) is 11.8 Å². The standard InChI is InChI=1S/C18H24N2O3/c1-19(13-18(23)9-2-3-10-18)17(22)14-6-4-7-15(12-14)20-11-5-8-16(20)21/h4,6-7,12,23H,2-3,5,8-11,13H2,1H3. The predicted octanol–water partition coefficient (Wildman–Crippen LogP) is 2.19. The van der Waals surface area contributed by atoms with E-state index in [0.29, 0.717) is 25.1 Å². The molecule has 0 bridgehead atoms. The molecule has 1 heterocycles. The Kier molecular flexibility index (Phi) is 4.39. The Bertz CT molecular complexity index is 608. The van der Waals surface area contributed by atoms with E-state index in [9.17, 15) is 14.7 Å². The molecular weight excluding hydrogens is 292 g/mol. The Balaban J connectivity index is 1.73. The molecule has 1 saturated heterocycles. The van der Waals surface area contributed by atoms with Gasteiger partial charge in [0.25, 0.3) is 5.91 Å². The lowest BCUT2D eigenvalue weighted by Gasteiger charge is -2.29. The minimum absolute atomic E-state index is 0.112. The molecule has 1 N–H and O–H groups in total. The summed E-state index contributed by atoms with van der Waals surface area (Å²) in [6, 6.07) is 7.22. The third-order valence-corrected chi connectivity index (χ3v) is 4.89. The van der Waals surface area contributed by atoms with Crippen molar-refractivity contribution >= 4 is 17.5 Å². The van der Waals surface area contributed by atoms with Gasteiger partial charge in [-0.15, -0.1) is 0 Å². The summed E-state index contributed by atoms with van der Waals surface area (Å²) in [7, 11) is 1.73. The second-order valence-corrected chi connectivity index (χ2v) is 6.79. The van der Waals surface area contributed by atoms with Gasteiger partial charge < -0.3 is 14.9 Å². The van der Waals surface area contributed by atoms with Crippen molar-refractivity contribution in [2.45, 2.75) is 44.1 Å². The van der Waals surface area contributed by atoms with Gasteiger partial charge in [-0.05, 0) is 37.5 Å². The summed E-state index contributed by atoms with van der Waals surface area (Å²) in [5.41, 5.74) is 0.602. The predicted molar refractivity (Wildman–Crippen MR) is 88.4 cm³/mol. The molecule has 3 rings (SSSR count). The van der Waals surface area contributed by atoms with E-state index >= 15 is 0 Å². The fraction of sp³-hybridized carbons (Fsp3) is 0.556. The number of carbonyl (C=O) groups is 2. The lowest BCUT2D eigenvalue weighted by atomic mass is 10.0. The quantitative estimate of drug-likeness (QED) is 0.926. The molecule has 1 aliphatic carbocycles. The first-order valence-corrected chi connectivity index (χ1v) is 8.37. The summed E-state index contributed by atoms with van der Waals surface area (Å²) in [6.07, 6.45) is 4.99. The lowest BCUT2D eigenvalue weighted by Crippen LogP contribution is -2.42. The molecule has 0 unspecified atom stereocenters. The number of likely N-dealkylation sites (N-methyl/N-ethyl adjacent to an activating group) is 1. The Morgan fingerprint density at radius 3 is 2.70 bits per heavy atom. The summed E-state index contributed by atoms with van der Waals surface area (Å²) >= 11 is 0. The van der Waals surface area contributed by atoms with Crippen molar-refractivity contribution in [1.82, 2.24) is 4.90 Å². The molecule has 2 amide bonds. The van der Waals surface area contributed by atoms with Crippen LogP contribution in [0.15, 0.2) is 24.3 Å². The van der Waals surface area contributed by atoms with Crippen LogP contribution < -0.4 is 4.90 Å². The Hall–Kier alpha value is -1.88. The topological polar surface area (TPSA) is 60.9 Å². The van der Waals surface area contributed by atoms with Crippen molar-refractivity contribution in [3.63, 3.8) is 0 Å². The number of hydrogen-bond acceptors (Lipinski definition) is 3. The molecule has 124 valence electrons. The van der Waals surface area contributed by atoms with Crippen molar-refractivity contribution in [3.05, 3.63) is 29.8 Å². The van der Waals surface area contributed by atoms with Crippen LogP contribution in [0.25, 0.3) is 0 Å². The Morgan fingerprint density at radius 1 is 1.30 bits per heavy atom. The number of amides is 2. The summed E-state index contributed by atoms with van der Waals surface area (Å²) < 4.78 is 0. The maximum atomic E-state index is 12.6. The molecule has 1 aliphatic heterocycles. The first-order valence-electron chi connectivity index (χ1n) is 8.37. The Labute approximate surface area is 136 Å². The zero-order valence-electron chi connectivity index (χ0n) is 13.6. The zero-order valence-corrected chi connectivity index (χ0v) is 13.6. The van der Waals surface area contributed by atoms with E-state index in [0.717, 1.165) is 37.8 Å². The number of rotatable bonds is 4. The minimum atomic E-state index is -0.743. The van der Waals surface area contributed by atoms with Gasteiger partial charge in [0.1, 0.15) is 0 Å². The summed E-state index contributed by atoms with van der Waals surface area (Å²) in [4.78, 5) is 27.8. The van der Waals surface area contributed by atoms with Crippen LogP contribution in [0.1, 0.15) is 48.9 Å². The van der Waals surface area contributed by atoms with Crippen LogP contribution in [-0.2, 0) is 4.79 Å². The molecule has 1 aromatic carbocycles. The molecule has 0 atom stereocenters. The van der Waals surface area contributed by atoms with Gasteiger partial charge in [0.05, 0.1) is 5.60 Å². The lowest BCUT2D eigenvalue weighted by molar-refractivity contribution is -0.117. The van der Waals surface area contributed by atoms with E-state index in [1.165, 1.54) is 0 Å². The fourth-order valence-electron chi connectivity index (χ4n) is 3.65. The summed E-state index contributed by atoms with van der Waals surface area (Å²) in [5.74, 6) is 0.00189. The normalized spacial score (nSPS) is 20.1. The average molecular weight is 316 g/mol. The van der Waals surface area contributed by atoms with Gasteiger partial charge in [0.15, 0.2) is 0 Å². The van der Waals surface area contributed by atoms with Gasteiger partial charge in [-0.1, -0.05) is 18.9 Å². The van der Waals surface area contributed by atoms with Gasteiger partial charge in [-0.3, -0.25) is 9.59 Å². The molecule has 1 aromatic rings. The highest BCUT2D eigenvalue weighted by Crippen LogP contribution is 2.30. The number of anilines is 1. The van der Waals surface area contributed by atoms with Gasteiger partial charge in [-0.2, -0.15) is 0 Å². The maximum absolute atomic E-state index is 12.6. The maximum Gasteiger partial charge on any atom is 0.253 e. The summed E-state index contributed by atoms with van der Waals surface area (Å²) in [5, 5.41) is 10.5. The van der Waals surface area contributed by atoms with Gasteiger partial charge in [0.2, 0.25) is 5.91 Å². The van der Waals surface area contributed by atoms with Crippen LogP contribution in [-0.4, -0.2) is 47.6 Å². The minimum Gasteiger partial charge on any atom is -0.388 e. The second-order valence-electron chi connectivity index (χ2n) is 6.79.